The topological polar surface area (TPSA) is 86.7 Å². The largest absolute Gasteiger partial charge is 0.361 e. The van der Waals surface area contributed by atoms with Crippen molar-refractivity contribution in [2.24, 2.45) is 0 Å². The third-order valence-corrected chi connectivity index (χ3v) is 1.70. The molecule has 0 aromatic carbocycles. The molecule has 0 saturated carbocycles. The second-order valence-electron chi connectivity index (χ2n) is 2.05. The summed E-state index contributed by atoms with van der Waals surface area (Å²) in [4.78, 5) is 12.1. The first-order valence-corrected chi connectivity index (χ1v) is 4.88. The Kier molecular flexibility index (Phi) is 3.98. The van der Waals surface area contributed by atoms with Crippen LogP contribution in [0.5, 0.6) is 0 Å². The molecule has 0 aliphatic rings. The smallest absolute Gasteiger partial charge is 0.324 e. The minimum absolute atomic E-state index is 0.387. The maximum absolute atomic E-state index is 10.9. The molecule has 0 aromatic rings. The van der Waals surface area contributed by atoms with Gasteiger partial charge < -0.3 is 4.90 Å². The molecule has 0 aromatic heterocycles. The summed E-state index contributed by atoms with van der Waals surface area (Å²) in [6.45, 7) is 4.18. The summed E-state index contributed by atoms with van der Waals surface area (Å²) in [5, 5.41) is 0. The van der Waals surface area contributed by atoms with Gasteiger partial charge in [0.1, 0.15) is 0 Å². The second kappa shape index (κ2) is 4.27. The van der Waals surface area contributed by atoms with Gasteiger partial charge in [-0.25, -0.2) is 9.52 Å². The van der Waals surface area contributed by atoms with E-state index in [2.05, 4.69) is 0 Å². The molecule has 2 N–H and O–H groups in total. The van der Waals surface area contributed by atoms with E-state index in [1.807, 2.05) is 0 Å². The third-order valence-electron chi connectivity index (χ3n) is 1.27. The predicted molar refractivity (Wildman–Crippen MR) is 43.0 cm³/mol. The van der Waals surface area contributed by atoms with Crippen molar-refractivity contribution in [3.8, 4) is 0 Å². The van der Waals surface area contributed by atoms with Gasteiger partial charge >= 0.3 is 16.3 Å². The van der Waals surface area contributed by atoms with Crippen molar-refractivity contribution in [3.05, 3.63) is 0 Å². The zero-order valence-electron chi connectivity index (χ0n) is 6.94. The van der Waals surface area contributed by atoms with Gasteiger partial charge in [-0.15, -0.1) is 0 Å². The molecule has 0 bridgehead atoms. The Morgan fingerprint density at radius 3 is 2.08 bits per heavy atom. The predicted octanol–water partition coefficient (Wildman–Crippen LogP) is -0.159. The van der Waals surface area contributed by atoms with Crippen molar-refractivity contribution >= 4 is 16.3 Å². The quantitative estimate of drug-likeness (QED) is 0.614. The third kappa shape index (κ3) is 4.14. The summed E-state index contributed by atoms with van der Waals surface area (Å²) < 4.78 is 30.0. The number of nitrogens with one attached hydrogen (secondary N) is 1. The van der Waals surface area contributed by atoms with Gasteiger partial charge in [-0.3, -0.25) is 4.55 Å². The minimum Gasteiger partial charge on any atom is -0.324 e. The van der Waals surface area contributed by atoms with Crippen molar-refractivity contribution in [2.45, 2.75) is 13.8 Å². The van der Waals surface area contributed by atoms with E-state index in [0.29, 0.717) is 13.1 Å². The first-order chi connectivity index (χ1) is 5.40. The number of amides is 2. The van der Waals surface area contributed by atoms with Crippen LogP contribution in [0.2, 0.25) is 0 Å². The van der Waals surface area contributed by atoms with Crippen molar-refractivity contribution in [2.75, 3.05) is 13.1 Å². The molecule has 0 unspecified atom stereocenters. The Bertz CT molecular complexity index is 244. The highest BCUT2D eigenvalue weighted by atomic mass is 32.2. The summed E-state index contributed by atoms with van der Waals surface area (Å²) >= 11 is 0. The van der Waals surface area contributed by atoms with E-state index in [0.717, 1.165) is 0 Å². The Morgan fingerprint density at radius 2 is 1.83 bits per heavy atom. The van der Waals surface area contributed by atoms with Crippen molar-refractivity contribution < 1.29 is 17.8 Å². The average molecular weight is 196 g/mol. The molecule has 7 heteroatoms. The second-order valence-corrected chi connectivity index (χ2v) is 3.21. The molecular formula is C5H12N2O4S. The van der Waals surface area contributed by atoms with Gasteiger partial charge in [0.2, 0.25) is 0 Å². The number of rotatable bonds is 3. The molecule has 0 fully saturated rings. The highest BCUT2D eigenvalue weighted by Gasteiger charge is 2.14. The molecule has 6 nitrogen and oxygen atoms in total. The molecule has 0 saturated heterocycles. The van der Waals surface area contributed by atoms with Crippen LogP contribution < -0.4 is 4.72 Å². The van der Waals surface area contributed by atoms with Gasteiger partial charge in [0.15, 0.2) is 0 Å². The molecule has 0 heterocycles. The molecular weight excluding hydrogens is 184 g/mol. The zero-order chi connectivity index (χ0) is 9.78. The fourth-order valence-electron chi connectivity index (χ4n) is 0.686. The van der Waals surface area contributed by atoms with Crippen LogP contribution >= 0.6 is 0 Å². The zero-order valence-corrected chi connectivity index (χ0v) is 7.76. The standard InChI is InChI=1S/C5H12N2O4S/c1-3-7(4-2)5(8)6-12(9,10)11/h3-4H2,1-2H3,(H,6,8)(H,9,10,11). The van der Waals surface area contributed by atoms with Crippen molar-refractivity contribution in [3.63, 3.8) is 0 Å². The van der Waals surface area contributed by atoms with E-state index < -0.39 is 16.3 Å². The Morgan fingerprint density at radius 1 is 1.42 bits per heavy atom. The fraction of sp³-hybridized carbons (Fsp3) is 0.800. The van der Waals surface area contributed by atoms with Crippen LogP contribution in [0.4, 0.5) is 4.79 Å². The average Bonchev–Trinajstić information content (AvgIpc) is 1.85. The number of carbonyl (C=O) groups excluding carboxylic acids is 1. The van der Waals surface area contributed by atoms with Gasteiger partial charge in [-0.1, -0.05) is 0 Å². The monoisotopic (exact) mass is 196 g/mol. The highest BCUT2D eigenvalue weighted by Crippen LogP contribution is 1.88. The maximum atomic E-state index is 10.9. The van der Waals surface area contributed by atoms with E-state index >= 15 is 0 Å². The lowest BCUT2D eigenvalue weighted by molar-refractivity contribution is 0.208. The molecule has 72 valence electrons. The van der Waals surface area contributed by atoms with E-state index in [1.54, 1.807) is 13.8 Å². The molecule has 0 spiro atoms. The first-order valence-electron chi connectivity index (χ1n) is 3.44. The SMILES string of the molecule is CCN(CC)C(=O)NS(=O)(=O)O. The lowest BCUT2D eigenvalue weighted by Crippen LogP contribution is -2.42. The first kappa shape index (κ1) is 11.2. The number of hydrogen-bond acceptors (Lipinski definition) is 3. The summed E-state index contributed by atoms with van der Waals surface area (Å²) in [5.41, 5.74) is 0. The number of nitrogens with zero attached hydrogens (tertiary/aromatic N) is 1. The maximum Gasteiger partial charge on any atom is 0.361 e. The number of carbonyl (C=O) groups is 1. The molecule has 0 atom stereocenters. The van der Waals surface area contributed by atoms with E-state index in [1.165, 1.54) is 9.62 Å². The van der Waals surface area contributed by atoms with Crippen LogP contribution in [0, 0.1) is 0 Å². The summed E-state index contributed by atoms with van der Waals surface area (Å²) in [6, 6.07) is -0.817. The Hall–Kier alpha value is -0.820. The van der Waals surface area contributed by atoms with Crippen LogP contribution in [0.3, 0.4) is 0 Å². The number of hydrogen-bond donors (Lipinski definition) is 2. The lowest BCUT2D eigenvalue weighted by Gasteiger charge is -2.17. The van der Waals surface area contributed by atoms with Gasteiger partial charge in [0, 0.05) is 13.1 Å². The van der Waals surface area contributed by atoms with Gasteiger partial charge in [-0.2, -0.15) is 8.42 Å². The van der Waals surface area contributed by atoms with E-state index in [-0.39, 0.29) is 0 Å². The Balaban J connectivity index is 4.21. The minimum atomic E-state index is -4.43. The van der Waals surface area contributed by atoms with Crippen LogP contribution in [-0.4, -0.2) is 37.0 Å². The van der Waals surface area contributed by atoms with Crippen LogP contribution in [0.15, 0.2) is 0 Å². The van der Waals surface area contributed by atoms with Crippen LogP contribution in [-0.2, 0) is 10.3 Å². The molecule has 0 rings (SSSR count). The summed E-state index contributed by atoms with van der Waals surface area (Å²) in [6.07, 6.45) is 0. The molecule has 2 amide bonds. The molecule has 0 radical (unpaired) electrons. The van der Waals surface area contributed by atoms with Crippen molar-refractivity contribution in [1.29, 1.82) is 0 Å². The normalized spacial score (nSPS) is 10.9. The van der Waals surface area contributed by atoms with Crippen LogP contribution in [0.1, 0.15) is 13.8 Å². The number of urea groups is 1. The Labute approximate surface area is 71.4 Å². The van der Waals surface area contributed by atoms with Gasteiger partial charge in [0.05, 0.1) is 0 Å². The fourth-order valence-corrected chi connectivity index (χ4v) is 1.04. The van der Waals surface area contributed by atoms with Gasteiger partial charge in [0.25, 0.3) is 0 Å². The van der Waals surface area contributed by atoms with Crippen LogP contribution in [0.25, 0.3) is 0 Å². The van der Waals surface area contributed by atoms with Gasteiger partial charge in [-0.05, 0) is 13.8 Å². The highest BCUT2D eigenvalue weighted by molar-refractivity contribution is 7.84. The summed E-state index contributed by atoms with van der Waals surface area (Å²) in [5.74, 6) is 0. The molecule has 0 aliphatic heterocycles. The van der Waals surface area contributed by atoms with Crippen molar-refractivity contribution in [1.82, 2.24) is 9.62 Å². The molecule has 12 heavy (non-hydrogen) atoms. The summed E-state index contributed by atoms with van der Waals surface area (Å²) in [7, 11) is -4.43. The van der Waals surface area contributed by atoms with E-state index in [9.17, 15) is 13.2 Å². The lowest BCUT2D eigenvalue weighted by atomic mass is 10.5. The molecule has 0 aliphatic carbocycles. The van der Waals surface area contributed by atoms with E-state index in [4.69, 9.17) is 4.55 Å².